The van der Waals surface area contributed by atoms with Gasteiger partial charge in [-0.05, 0) is 19.4 Å². The number of nitrogens with zero attached hydrogens (tertiary/aromatic N) is 2. The molecule has 0 amide bonds. The van der Waals surface area contributed by atoms with Crippen LogP contribution in [0.25, 0.3) is 0 Å². The Hall–Kier alpha value is -1.58. The number of rotatable bonds is 4. The summed E-state index contributed by atoms with van der Waals surface area (Å²) in [5, 5.41) is 3.09. The first-order chi connectivity index (χ1) is 7.12. The summed E-state index contributed by atoms with van der Waals surface area (Å²) in [6, 6.07) is 0. The van der Waals surface area contributed by atoms with E-state index in [0.29, 0.717) is 0 Å². The van der Waals surface area contributed by atoms with Gasteiger partial charge in [0.25, 0.3) is 0 Å². The van der Waals surface area contributed by atoms with Crippen molar-refractivity contribution < 1.29 is 0 Å². The van der Waals surface area contributed by atoms with Gasteiger partial charge < -0.3 is 11.1 Å². The summed E-state index contributed by atoms with van der Waals surface area (Å²) in [5.41, 5.74) is 9.36. The third kappa shape index (κ3) is 3.58. The highest BCUT2D eigenvalue weighted by molar-refractivity contribution is 6.23. The lowest BCUT2D eigenvalue weighted by molar-refractivity contribution is 0.973. The van der Waals surface area contributed by atoms with Gasteiger partial charge in [-0.3, -0.25) is 9.98 Å². The number of nitrogens with two attached hydrogens (primary N) is 1. The summed E-state index contributed by atoms with van der Waals surface area (Å²) in [6.07, 6.45) is 3.22. The lowest BCUT2D eigenvalue weighted by atomic mass is 10.0. The van der Waals surface area contributed by atoms with Crippen LogP contribution in [-0.4, -0.2) is 33.1 Å². The molecule has 0 aromatic heterocycles. The van der Waals surface area contributed by atoms with Crippen molar-refractivity contribution in [3.05, 3.63) is 23.0 Å². The van der Waals surface area contributed by atoms with Gasteiger partial charge in [0.1, 0.15) is 0 Å². The molecule has 0 fully saturated rings. The van der Waals surface area contributed by atoms with Gasteiger partial charge in [-0.25, -0.2) is 0 Å². The molecule has 0 radical (unpaired) electrons. The van der Waals surface area contributed by atoms with Crippen molar-refractivity contribution in [3.63, 3.8) is 0 Å². The highest BCUT2D eigenvalue weighted by Crippen LogP contribution is 2.09. The van der Waals surface area contributed by atoms with Gasteiger partial charge in [0, 0.05) is 44.8 Å². The van der Waals surface area contributed by atoms with E-state index in [1.807, 2.05) is 20.9 Å². The molecule has 0 saturated heterocycles. The molecule has 0 aromatic carbocycles. The van der Waals surface area contributed by atoms with Crippen molar-refractivity contribution in [2.45, 2.75) is 13.8 Å². The Morgan fingerprint density at radius 1 is 1.27 bits per heavy atom. The third-order valence-electron chi connectivity index (χ3n) is 2.24. The first-order valence-corrected chi connectivity index (χ1v) is 4.79. The summed E-state index contributed by atoms with van der Waals surface area (Å²) in [4.78, 5) is 8.17. The molecule has 0 aliphatic carbocycles. The van der Waals surface area contributed by atoms with Crippen LogP contribution in [0.15, 0.2) is 33.0 Å². The molecule has 15 heavy (non-hydrogen) atoms. The van der Waals surface area contributed by atoms with Crippen LogP contribution in [0.4, 0.5) is 0 Å². The predicted molar refractivity (Wildman–Crippen MR) is 67.5 cm³/mol. The molecular formula is C11H20N4. The van der Waals surface area contributed by atoms with E-state index in [9.17, 15) is 0 Å². The lowest BCUT2D eigenvalue weighted by Gasteiger charge is -2.10. The summed E-state index contributed by atoms with van der Waals surface area (Å²) in [5.74, 6) is 0. The summed E-state index contributed by atoms with van der Waals surface area (Å²) < 4.78 is 0. The van der Waals surface area contributed by atoms with Crippen LogP contribution in [0.3, 0.4) is 0 Å². The number of hydrogen-bond donors (Lipinski definition) is 2. The molecule has 84 valence electrons. The van der Waals surface area contributed by atoms with Crippen LogP contribution >= 0.6 is 0 Å². The molecule has 0 spiro atoms. The molecule has 4 nitrogen and oxygen atoms in total. The first kappa shape index (κ1) is 13.4. The fraction of sp³-hybridized carbons (Fsp3) is 0.455. The standard InChI is InChI=1S/C11H20N4/c1-8(9(2)14-4)11(15-5)10(6-12)7-13-3/h6-7,14H,12H2,1-5H3/b9-8+,10-6?,13-7?,15-11?. The minimum Gasteiger partial charge on any atom is -0.404 e. The monoisotopic (exact) mass is 208 g/mol. The Morgan fingerprint density at radius 2 is 1.87 bits per heavy atom. The quantitative estimate of drug-likeness (QED) is 0.680. The van der Waals surface area contributed by atoms with E-state index in [1.165, 1.54) is 6.20 Å². The van der Waals surface area contributed by atoms with Crippen molar-refractivity contribution in [1.82, 2.24) is 5.32 Å². The Bertz CT molecular complexity index is 317. The largest absolute Gasteiger partial charge is 0.404 e. The van der Waals surface area contributed by atoms with Crippen molar-refractivity contribution in [3.8, 4) is 0 Å². The van der Waals surface area contributed by atoms with Gasteiger partial charge in [-0.15, -0.1) is 0 Å². The second-order valence-corrected chi connectivity index (χ2v) is 3.08. The third-order valence-corrected chi connectivity index (χ3v) is 2.24. The number of hydrogen-bond acceptors (Lipinski definition) is 4. The molecular weight excluding hydrogens is 188 g/mol. The maximum atomic E-state index is 5.54. The molecule has 0 rings (SSSR count). The van der Waals surface area contributed by atoms with Crippen LogP contribution in [0.2, 0.25) is 0 Å². The molecule has 0 aromatic rings. The SMILES string of the molecule is CN=CC(=CN)C(=NC)/C(C)=C(\C)NC. The smallest absolute Gasteiger partial charge is 0.0719 e. The van der Waals surface area contributed by atoms with Crippen molar-refractivity contribution in [2.24, 2.45) is 15.7 Å². The highest BCUT2D eigenvalue weighted by Gasteiger charge is 2.08. The lowest BCUT2D eigenvalue weighted by Crippen LogP contribution is -2.14. The molecule has 0 aliphatic heterocycles. The highest BCUT2D eigenvalue weighted by atomic mass is 14.8. The van der Waals surface area contributed by atoms with E-state index in [1.54, 1.807) is 20.3 Å². The van der Waals surface area contributed by atoms with E-state index < -0.39 is 0 Å². The second kappa shape index (κ2) is 6.81. The van der Waals surface area contributed by atoms with E-state index in [0.717, 1.165) is 22.6 Å². The van der Waals surface area contributed by atoms with Gasteiger partial charge in [-0.1, -0.05) is 0 Å². The average molecular weight is 208 g/mol. The predicted octanol–water partition coefficient (Wildman–Crippen LogP) is 1.11. The number of aliphatic imine (C=N–C) groups is 2. The Labute approximate surface area is 91.7 Å². The molecule has 0 unspecified atom stereocenters. The summed E-state index contributed by atoms with van der Waals surface area (Å²) >= 11 is 0. The van der Waals surface area contributed by atoms with Crippen LogP contribution in [0.1, 0.15) is 13.8 Å². The molecule has 0 atom stereocenters. The minimum atomic E-state index is 0.826. The fourth-order valence-electron chi connectivity index (χ4n) is 1.20. The first-order valence-electron chi connectivity index (χ1n) is 4.79. The number of allylic oxidation sites excluding steroid dienone is 3. The second-order valence-electron chi connectivity index (χ2n) is 3.08. The van der Waals surface area contributed by atoms with Gasteiger partial charge >= 0.3 is 0 Å². The van der Waals surface area contributed by atoms with Gasteiger partial charge in [0.15, 0.2) is 0 Å². The maximum absolute atomic E-state index is 5.54. The van der Waals surface area contributed by atoms with Gasteiger partial charge in [0.2, 0.25) is 0 Å². The molecule has 4 heteroatoms. The van der Waals surface area contributed by atoms with E-state index in [-0.39, 0.29) is 0 Å². The Kier molecular flexibility index (Phi) is 6.09. The van der Waals surface area contributed by atoms with Crippen molar-refractivity contribution >= 4 is 11.9 Å². The molecule has 0 heterocycles. The van der Waals surface area contributed by atoms with Gasteiger partial charge in [-0.2, -0.15) is 0 Å². The van der Waals surface area contributed by atoms with Crippen LogP contribution in [0.5, 0.6) is 0 Å². The van der Waals surface area contributed by atoms with Crippen LogP contribution in [0, 0.1) is 0 Å². The Morgan fingerprint density at radius 3 is 2.20 bits per heavy atom. The molecule has 3 N–H and O–H groups in total. The number of nitrogens with one attached hydrogen (secondary N) is 1. The van der Waals surface area contributed by atoms with Crippen LogP contribution in [-0.2, 0) is 0 Å². The maximum Gasteiger partial charge on any atom is 0.0719 e. The summed E-state index contributed by atoms with van der Waals surface area (Å²) in [6.45, 7) is 4.00. The van der Waals surface area contributed by atoms with E-state index >= 15 is 0 Å². The van der Waals surface area contributed by atoms with E-state index in [2.05, 4.69) is 15.3 Å². The summed E-state index contributed by atoms with van der Waals surface area (Å²) in [7, 11) is 5.33. The van der Waals surface area contributed by atoms with Crippen molar-refractivity contribution in [2.75, 3.05) is 21.1 Å². The van der Waals surface area contributed by atoms with E-state index in [4.69, 9.17) is 5.73 Å². The zero-order valence-corrected chi connectivity index (χ0v) is 10.1. The normalized spacial score (nSPS) is 15.5. The minimum absolute atomic E-state index is 0.826. The van der Waals surface area contributed by atoms with Crippen LogP contribution < -0.4 is 11.1 Å². The van der Waals surface area contributed by atoms with Crippen molar-refractivity contribution in [1.29, 1.82) is 0 Å². The average Bonchev–Trinajstić information content (AvgIpc) is 2.27. The molecule has 0 saturated carbocycles. The zero-order chi connectivity index (χ0) is 11.8. The topological polar surface area (TPSA) is 62.8 Å². The molecule has 0 bridgehead atoms. The zero-order valence-electron chi connectivity index (χ0n) is 10.1. The van der Waals surface area contributed by atoms with Gasteiger partial charge in [0.05, 0.1) is 5.71 Å². The Balaban J connectivity index is 5.28. The fourth-order valence-corrected chi connectivity index (χ4v) is 1.20. The molecule has 0 aliphatic rings.